The molecule has 0 unspecified atom stereocenters. The van der Waals surface area contributed by atoms with E-state index in [1.54, 1.807) is 26.1 Å². The van der Waals surface area contributed by atoms with Crippen molar-refractivity contribution in [3.05, 3.63) is 24.0 Å². The highest BCUT2D eigenvalue weighted by Crippen LogP contribution is 2.10. The van der Waals surface area contributed by atoms with Gasteiger partial charge in [0.1, 0.15) is 12.4 Å². The van der Waals surface area contributed by atoms with Crippen LogP contribution in [0.2, 0.25) is 0 Å². The number of ether oxygens (including phenoxy) is 1. The van der Waals surface area contributed by atoms with Gasteiger partial charge in [-0.25, -0.2) is 8.42 Å². The zero-order valence-electron chi connectivity index (χ0n) is 10.8. The van der Waals surface area contributed by atoms with Crippen molar-refractivity contribution in [3.63, 3.8) is 0 Å². The third kappa shape index (κ3) is 4.62. The highest BCUT2D eigenvalue weighted by Gasteiger charge is 2.15. The van der Waals surface area contributed by atoms with Gasteiger partial charge in [-0.3, -0.25) is 4.98 Å². The summed E-state index contributed by atoms with van der Waals surface area (Å²) in [5.74, 6) is 0.601. The van der Waals surface area contributed by atoms with E-state index in [-0.39, 0.29) is 17.6 Å². The molecule has 0 radical (unpaired) electrons. The second-order valence-corrected chi connectivity index (χ2v) is 6.96. The molecule has 1 rings (SSSR count). The lowest BCUT2D eigenvalue weighted by Crippen LogP contribution is -2.22. The molecule has 0 atom stereocenters. The minimum absolute atomic E-state index is 0.0230. The van der Waals surface area contributed by atoms with Crippen molar-refractivity contribution in [1.82, 2.24) is 4.98 Å². The van der Waals surface area contributed by atoms with E-state index < -0.39 is 9.84 Å². The Balaban J connectivity index is 2.45. The Bertz CT molecular complexity index is 455. The van der Waals surface area contributed by atoms with Gasteiger partial charge in [-0.05, 0) is 32.5 Å². The van der Waals surface area contributed by atoms with Crippen molar-refractivity contribution in [2.45, 2.75) is 25.5 Å². The summed E-state index contributed by atoms with van der Waals surface area (Å²) >= 11 is 0. The monoisotopic (exact) mass is 272 g/mol. The summed E-state index contributed by atoms with van der Waals surface area (Å²) < 4.78 is 28.5. The highest BCUT2D eigenvalue weighted by atomic mass is 32.2. The predicted octanol–water partition coefficient (Wildman–Crippen LogP) is 0.785. The summed E-state index contributed by atoms with van der Waals surface area (Å²) in [6, 6.07) is 3.61. The molecule has 18 heavy (non-hydrogen) atoms. The Morgan fingerprint density at radius 1 is 1.39 bits per heavy atom. The molecule has 0 fully saturated rings. The van der Waals surface area contributed by atoms with Crippen LogP contribution in [0.25, 0.3) is 0 Å². The fourth-order valence-electron chi connectivity index (χ4n) is 1.30. The molecule has 1 heterocycles. The molecule has 2 N–H and O–H groups in total. The number of nitrogens with two attached hydrogens (primary N) is 1. The van der Waals surface area contributed by atoms with Gasteiger partial charge in [0, 0.05) is 12.1 Å². The molecule has 0 aliphatic carbocycles. The number of sulfone groups is 1. The number of nitrogens with zero attached hydrogens (tertiary/aromatic N) is 1. The first kappa shape index (κ1) is 14.9. The van der Waals surface area contributed by atoms with Gasteiger partial charge in [0.2, 0.25) is 0 Å². The normalized spacial score (nSPS) is 11.8. The summed E-state index contributed by atoms with van der Waals surface area (Å²) in [6.07, 6.45) is 2.31. The van der Waals surface area contributed by atoms with Gasteiger partial charge in [-0.15, -0.1) is 0 Å². The maximum atomic E-state index is 11.6. The van der Waals surface area contributed by atoms with Crippen molar-refractivity contribution >= 4 is 9.84 Å². The molecule has 0 saturated carbocycles. The summed E-state index contributed by atoms with van der Waals surface area (Å²) in [5, 5.41) is -0.369. The van der Waals surface area contributed by atoms with E-state index in [1.165, 1.54) is 0 Å². The van der Waals surface area contributed by atoms with Gasteiger partial charge >= 0.3 is 0 Å². The van der Waals surface area contributed by atoms with E-state index in [2.05, 4.69) is 4.98 Å². The SMILES string of the molecule is CC(C)S(=O)(=O)CCOc1ccc(CCN)nc1. The molecule has 0 amide bonds. The van der Waals surface area contributed by atoms with Crippen molar-refractivity contribution in [2.24, 2.45) is 5.73 Å². The molecule has 0 aliphatic heterocycles. The van der Waals surface area contributed by atoms with Crippen molar-refractivity contribution < 1.29 is 13.2 Å². The van der Waals surface area contributed by atoms with Gasteiger partial charge < -0.3 is 10.5 Å². The molecular formula is C12H20N2O3S. The second kappa shape index (κ2) is 6.70. The second-order valence-electron chi connectivity index (χ2n) is 4.29. The third-order valence-electron chi connectivity index (χ3n) is 2.55. The molecule has 0 bridgehead atoms. The molecule has 0 aliphatic rings. The molecule has 1 aromatic rings. The maximum absolute atomic E-state index is 11.6. The summed E-state index contributed by atoms with van der Waals surface area (Å²) in [7, 11) is -3.05. The quantitative estimate of drug-likeness (QED) is 0.793. The lowest BCUT2D eigenvalue weighted by molar-refractivity contribution is 0.339. The van der Waals surface area contributed by atoms with Crippen LogP contribution in [0.3, 0.4) is 0 Å². The Morgan fingerprint density at radius 2 is 2.11 bits per heavy atom. The van der Waals surface area contributed by atoms with E-state index >= 15 is 0 Å². The van der Waals surface area contributed by atoms with Crippen LogP contribution < -0.4 is 10.5 Å². The molecule has 102 valence electrons. The average molecular weight is 272 g/mol. The first-order valence-electron chi connectivity index (χ1n) is 5.95. The van der Waals surface area contributed by atoms with Gasteiger partial charge in [0.15, 0.2) is 9.84 Å². The van der Waals surface area contributed by atoms with E-state index in [0.717, 1.165) is 12.1 Å². The Labute approximate surface area is 108 Å². The lowest BCUT2D eigenvalue weighted by Gasteiger charge is -2.09. The largest absolute Gasteiger partial charge is 0.491 e. The maximum Gasteiger partial charge on any atom is 0.155 e. The fraction of sp³-hybridized carbons (Fsp3) is 0.583. The Hall–Kier alpha value is -1.14. The van der Waals surface area contributed by atoms with Crippen LogP contribution in [-0.4, -0.2) is 37.6 Å². The molecule has 1 aromatic heterocycles. The smallest absolute Gasteiger partial charge is 0.155 e. The van der Waals surface area contributed by atoms with Gasteiger partial charge in [-0.2, -0.15) is 0 Å². The first-order chi connectivity index (χ1) is 8.45. The Morgan fingerprint density at radius 3 is 2.61 bits per heavy atom. The minimum Gasteiger partial charge on any atom is -0.491 e. The number of pyridine rings is 1. The van der Waals surface area contributed by atoms with Crippen LogP contribution in [0.15, 0.2) is 18.3 Å². The molecule has 0 saturated heterocycles. The summed E-state index contributed by atoms with van der Waals surface area (Å²) in [6.45, 7) is 4.04. The number of hydrogen-bond acceptors (Lipinski definition) is 5. The van der Waals surface area contributed by atoms with Crippen LogP contribution in [-0.2, 0) is 16.3 Å². The molecule has 5 nitrogen and oxygen atoms in total. The van der Waals surface area contributed by atoms with Crippen LogP contribution in [0.4, 0.5) is 0 Å². The lowest BCUT2D eigenvalue weighted by atomic mass is 10.3. The van der Waals surface area contributed by atoms with Gasteiger partial charge in [0.25, 0.3) is 0 Å². The van der Waals surface area contributed by atoms with Gasteiger partial charge in [0.05, 0.1) is 17.2 Å². The molecule has 0 aromatic carbocycles. The zero-order chi connectivity index (χ0) is 13.6. The first-order valence-corrected chi connectivity index (χ1v) is 7.66. The highest BCUT2D eigenvalue weighted by molar-refractivity contribution is 7.91. The zero-order valence-corrected chi connectivity index (χ0v) is 11.6. The third-order valence-corrected chi connectivity index (χ3v) is 4.73. The van der Waals surface area contributed by atoms with Crippen LogP contribution in [0, 0.1) is 0 Å². The summed E-state index contributed by atoms with van der Waals surface area (Å²) in [5.41, 5.74) is 6.32. The minimum atomic E-state index is -3.05. The Kier molecular flexibility index (Phi) is 5.55. The number of aromatic nitrogens is 1. The number of rotatable bonds is 7. The predicted molar refractivity (Wildman–Crippen MR) is 71.4 cm³/mol. The molecule has 6 heteroatoms. The van der Waals surface area contributed by atoms with Gasteiger partial charge in [-0.1, -0.05) is 0 Å². The number of hydrogen-bond donors (Lipinski definition) is 1. The topological polar surface area (TPSA) is 82.3 Å². The standard InChI is InChI=1S/C12H20N2O3S/c1-10(2)18(15,16)8-7-17-12-4-3-11(5-6-13)14-9-12/h3-4,9-10H,5-8,13H2,1-2H3. The van der Waals surface area contributed by atoms with Crippen molar-refractivity contribution in [2.75, 3.05) is 18.9 Å². The van der Waals surface area contributed by atoms with E-state index in [9.17, 15) is 8.42 Å². The van der Waals surface area contributed by atoms with E-state index in [4.69, 9.17) is 10.5 Å². The van der Waals surface area contributed by atoms with Crippen molar-refractivity contribution in [3.8, 4) is 5.75 Å². The summed E-state index contributed by atoms with van der Waals surface area (Å²) in [4.78, 5) is 4.16. The van der Waals surface area contributed by atoms with Crippen LogP contribution in [0.1, 0.15) is 19.5 Å². The average Bonchev–Trinajstić information content (AvgIpc) is 2.31. The molecule has 0 spiro atoms. The van der Waals surface area contributed by atoms with Crippen LogP contribution >= 0.6 is 0 Å². The van der Waals surface area contributed by atoms with Crippen LogP contribution in [0.5, 0.6) is 5.75 Å². The van der Waals surface area contributed by atoms with E-state index in [1.807, 2.05) is 6.07 Å². The molecular weight excluding hydrogens is 252 g/mol. The fourth-order valence-corrected chi connectivity index (χ4v) is 2.09. The van der Waals surface area contributed by atoms with Crippen molar-refractivity contribution in [1.29, 1.82) is 0 Å². The van der Waals surface area contributed by atoms with E-state index in [0.29, 0.717) is 12.3 Å².